The van der Waals surface area contributed by atoms with E-state index in [-0.39, 0.29) is 0 Å². The van der Waals surface area contributed by atoms with Crippen molar-refractivity contribution in [1.82, 2.24) is 5.32 Å². The largest absolute Gasteiger partial charge is 0.469 e. The molecule has 2 heteroatoms. The summed E-state index contributed by atoms with van der Waals surface area (Å²) in [5.74, 6) is 1.07. The third kappa shape index (κ3) is 5.17. The molecule has 0 fully saturated rings. The molecule has 0 aliphatic heterocycles. The monoisotopic (exact) mass is 221 g/mol. The van der Waals surface area contributed by atoms with Gasteiger partial charge < -0.3 is 9.73 Å². The van der Waals surface area contributed by atoms with Gasteiger partial charge in [0, 0.05) is 12.5 Å². The minimum absolute atomic E-state index is 0.530. The molecule has 1 aromatic heterocycles. The summed E-state index contributed by atoms with van der Waals surface area (Å²) in [4.78, 5) is 0. The Morgan fingerprint density at radius 2 is 2.38 bits per heavy atom. The summed E-state index contributed by atoms with van der Waals surface area (Å²) in [7, 11) is 0. The fourth-order valence-corrected chi connectivity index (χ4v) is 1.82. The highest BCUT2D eigenvalue weighted by atomic mass is 16.3. The second kappa shape index (κ2) is 7.29. The first-order valence-corrected chi connectivity index (χ1v) is 6.12. The minimum atomic E-state index is 0.530. The van der Waals surface area contributed by atoms with Gasteiger partial charge in [0.15, 0.2) is 0 Å². The average Bonchev–Trinajstić information content (AvgIpc) is 2.74. The standard InChI is InChI=1S/C14H23NO/c1-4-9-15-13(11-12(2)3)7-8-14-6-5-10-16-14/h5-6,10,13,15H,2,4,7-9,11H2,1,3H3. The SMILES string of the molecule is C=C(C)CC(CCc1ccco1)NCCC. The quantitative estimate of drug-likeness (QED) is 0.679. The number of hydrogen-bond acceptors (Lipinski definition) is 2. The Hall–Kier alpha value is -1.02. The molecule has 1 rings (SSSR count). The van der Waals surface area contributed by atoms with Gasteiger partial charge in [-0.25, -0.2) is 0 Å². The summed E-state index contributed by atoms with van der Waals surface area (Å²) in [6, 6.07) is 4.52. The normalized spacial score (nSPS) is 12.6. The molecule has 0 spiro atoms. The van der Waals surface area contributed by atoms with Gasteiger partial charge >= 0.3 is 0 Å². The van der Waals surface area contributed by atoms with Crippen molar-refractivity contribution in [2.45, 2.75) is 45.6 Å². The molecule has 16 heavy (non-hydrogen) atoms. The fraction of sp³-hybridized carbons (Fsp3) is 0.571. The fourth-order valence-electron chi connectivity index (χ4n) is 1.82. The van der Waals surface area contributed by atoms with Crippen LogP contribution in [-0.2, 0) is 6.42 Å². The van der Waals surface area contributed by atoms with Gasteiger partial charge in [-0.1, -0.05) is 12.5 Å². The Balaban J connectivity index is 2.33. The van der Waals surface area contributed by atoms with E-state index in [1.54, 1.807) is 6.26 Å². The molecular formula is C14H23NO. The average molecular weight is 221 g/mol. The van der Waals surface area contributed by atoms with E-state index >= 15 is 0 Å². The minimum Gasteiger partial charge on any atom is -0.469 e. The summed E-state index contributed by atoms with van der Waals surface area (Å²) in [5.41, 5.74) is 1.24. The number of rotatable bonds is 8. The van der Waals surface area contributed by atoms with Crippen molar-refractivity contribution in [1.29, 1.82) is 0 Å². The van der Waals surface area contributed by atoms with E-state index in [0.717, 1.165) is 31.6 Å². The number of hydrogen-bond donors (Lipinski definition) is 1. The second-order valence-corrected chi connectivity index (χ2v) is 4.43. The maximum absolute atomic E-state index is 5.34. The summed E-state index contributed by atoms with van der Waals surface area (Å²) < 4.78 is 5.34. The highest BCUT2D eigenvalue weighted by Gasteiger charge is 2.08. The summed E-state index contributed by atoms with van der Waals surface area (Å²) >= 11 is 0. The Labute approximate surface area is 98.7 Å². The van der Waals surface area contributed by atoms with Crippen LogP contribution in [0.15, 0.2) is 35.0 Å². The van der Waals surface area contributed by atoms with E-state index in [0.29, 0.717) is 6.04 Å². The van der Waals surface area contributed by atoms with Gasteiger partial charge in [-0.3, -0.25) is 0 Å². The zero-order valence-corrected chi connectivity index (χ0v) is 10.5. The maximum Gasteiger partial charge on any atom is 0.103 e. The van der Waals surface area contributed by atoms with Gasteiger partial charge in [0.05, 0.1) is 6.26 Å². The Bertz CT molecular complexity index is 290. The van der Waals surface area contributed by atoms with Gasteiger partial charge in [0.1, 0.15) is 5.76 Å². The molecule has 0 amide bonds. The Morgan fingerprint density at radius 3 is 2.94 bits per heavy atom. The van der Waals surface area contributed by atoms with Gasteiger partial charge in [0.2, 0.25) is 0 Å². The number of nitrogens with one attached hydrogen (secondary N) is 1. The molecule has 1 heterocycles. The van der Waals surface area contributed by atoms with Crippen LogP contribution in [0.4, 0.5) is 0 Å². The zero-order valence-electron chi connectivity index (χ0n) is 10.5. The van der Waals surface area contributed by atoms with Crippen molar-refractivity contribution in [3.63, 3.8) is 0 Å². The number of aryl methyl sites for hydroxylation is 1. The van der Waals surface area contributed by atoms with Crippen molar-refractivity contribution < 1.29 is 4.42 Å². The molecule has 2 nitrogen and oxygen atoms in total. The van der Waals surface area contributed by atoms with Crippen LogP contribution in [-0.4, -0.2) is 12.6 Å². The molecule has 90 valence electrons. The molecule has 0 aromatic carbocycles. The van der Waals surface area contributed by atoms with Gasteiger partial charge in [-0.05, 0) is 44.9 Å². The molecule has 0 saturated heterocycles. The third-order valence-corrected chi connectivity index (χ3v) is 2.60. The first-order chi connectivity index (χ1) is 7.72. The van der Waals surface area contributed by atoms with Gasteiger partial charge in [0.25, 0.3) is 0 Å². The lowest BCUT2D eigenvalue weighted by atomic mass is 10.0. The summed E-state index contributed by atoms with van der Waals surface area (Å²) in [6.45, 7) is 9.35. The predicted octanol–water partition coefficient (Wildman–Crippen LogP) is 3.55. The van der Waals surface area contributed by atoms with Gasteiger partial charge in [-0.15, -0.1) is 6.58 Å². The topological polar surface area (TPSA) is 25.2 Å². The first-order valence-electron chi connectivity index (χ1n) is 6.12. The van der Waals surface area contributed by atoms with Crippen molar-refractivity contribution in [3.8, 4) is 0 Å². The van der Waals surface area contributed by atoms with Crippen molar-refractivity contribution >= 4 is 0 Å². The lowest BCUT2D eigenvalue weighted by molar-refractivity contribution is 0.441. The van der Waals surface area contributed by atoms with Crippen molar-refractivity contribution in [3.05, 3.63) is 36.3 Å². The summed E-state index contributed by atoms with van der Waals surface area (Å²) in [5, 5.41) is 3.56. The molecule has 0 saturated carbocycles. The van der Waals surface area contributed by atoms with Crippen molar-refractivity contribution in [2.75, 3.05) is 6.54 Å². The lowest BCUT2D eigenvalue weighted by Crippen LogP contribution is -2.30. The van der Waals surface area contributed by atoms with Crippen LogP contribution in [0.2, 0.25) is 0 Å². The van der Waals surface area contributed by atoms with E-state index in [1.165, 1.54) is 12.0 Å². The third-order valence-electron chi connectivity index (χ3n) is 2.60. The van der Waals surface area contributed by atoms with E-state index in [9.17, 15) is 0 Å². The van der Waals surface area contributed by atoms with E-state index in [4.69, 9.17) is 4.42 Å². The summed E-state index contributed by atoms with van der Waals surface area (Å²) in [6.07, 6.45) is 6.08. The number of furan rings is 1. The molecule has 0 aliphatic rings. The van der Waals surface area contributed by atoms with Crippen LogP contribution in [0.3, 0.4) is 0 Å². The highest BCUT2D eigenvalue weighted by Crippen LogP contribution is 2.11. The molecular weight excluding hydrogens is 198 g/mol. The molecule has 1 unspecified atom stereocenters. The molecule has 0 bridgehead atoms. The predicted molar refractivity (Wildman–Crippen MR) is 68.5 cm³/mol. The van der Waals surface area contributed by atoms with Crippen LogP contribution in [0.25, 0.3) is 0 Å². The Kier molecular flexibility index (Phi) is 5.94. The van der Waals surface area contributed by atoms with E-state index in [2.05, 4.69) is 25.7 Å². The van der Waals surface area contributed by atoms with Crippen LogP contribution in [0.1, 0.15) is 38.9 Å². The van der Waals surface area contributed by atoms with Crippen LogP contribution in [0, 0.1) is 0 Å². The first kappa shape index (κ1) is 13.0. The maximum atomic E-state index is 5.34. The van der Waals surface area contributed by atoms with E-state index in [1.807, 2.05) is 12.1 Å². The van der Waals surface area contributed by atoms with Gasteiger partial charge in [-0.2, -0.15) is 0 Å². The smallest absolute Gasteiger partial charge is 0.103 e. The molecule has 1 aromatic rings. The van der Waals surface area contributed by atoms with Crippen LogP contribution >= 0.6 is 0 Å². The van der Waals surface area contributed by atoms with Crippen LogP contribution in [0.5, 0.6) is 0 Å². The highest BCUT2D eigenvalue weighted by molar-refractivity contribution is 5.00. The van der Waals surface area contributed by atoms with Crippen molar-refractivity contribution in [2.24, 2.45) is 0 Å². The molecule has 1 atom stereocenters. The zero-order chi connectivity index (χ0) is 11.8. The molecule has 0 radical (unpaired) electrons. The lowest BCUT2D eigenvalue weighted by Gasteiger charge is -2.17. The Morgan fingerprint density at radius 1 is 1.56 bits per heavy atom. The van der Waals surface area contributed by atoms with Crippen LogP contribution < -0.4 is 5.32 Å². The molecule has 0 aliphatic carbocycles. The molecule has 1 N–H and O–H groups in total. The second-order valence-electron chi connectivity index (χ2n) is 4.43. The van der Waals surface area contributed by atoms with E-state index < -0.39 is 0 Å².